The van der Waals surface area contributed by atoms with Crippen molar-refractivity contribution in [2.75, 3.05) is 0 Å². The third kappa shape index (κ3) is 10.9. The molecule has 0 fully saturated rings. The summed E-state index contributed by atoms with van der Waals surface area (Å²) < 4.78 is 10.2. The lowest BCUT2D eigenvalue weighted by Gasteiger charge is -2.20. The summed E-state index contributed by atoms with van der Waals surface area (Å²) in [5.41, 5.74) is 0.293. The molecule has 0 aromatic heterocycles. The van der Waals surface area contributed by atoms with Gasteiger partial charge in [0, 0.05) is 6.42 Å². The van der Waals surface area contributed by atoms with E-state index >= 15 is 0 Å². The van der Waals surface area contributed by atoms with Gasteiger partial charge in [-0.3, -0.25) is 4.79 Å². The highest BCUT2D eigenvalue weighted by Gasteiger charge is 2.17. The Bertz CT molecular complexity index is 609. The first-order valence-corrected chi connectivity index (χ1v) is 9.07. The van der Waals surface area contributed by atoms with Crippen molar-refractivity contribution in [3.63, 3.8) is 0 Å². The third-order valence-electron chi connectivity index (χ3n) is 3.58. The Morgan fingerprint density at radius 3 is 2.33 bits per heavy atom. The number of hydrogen-bond donors (Lipinski definition) is 1. The highest BCUT2D eigenvalue weighted by atomic mass is 16.6. The second-order valence-electron chi connectivity index (χ2n) is 7.26. The average molecular weight is 378 g/mol. The van der Waals surface area contributed by atoms with Gasteiger partial charge in [-0.25, -0.2) is 4.79 Å². The van der Waals surface area contributed by atoms with E-state index in [1.807, 2.05) is 18.2 Å². The molecule has 27 heavy (non-hydrogen) atoms. The van der Waals surface area contributed by atoms with E-state index in [4.69, 9.17) is 9.47 Å². The Labute approximate surface area is 160 Å². The molecule has 1 aromatic carbocycles. The van der Waals surface area contributed by atoms with Crippen molar-refractivity contribution in [2.24, 2.45) is 0 Å². The fourth-order valence-corrected chi connectivity index (χ4v) is 2.34. The van der Waals surface area contributed by atoms with Crippen LogP contribution in [0.15, 0.2) is 30.3 Å². The molecule has 150 valence electrons. The van der Waals surface area contributed by atoms with Crippen LogP contribution in [0.25, 0.3) is 0 Å². The zero-order valence-corrected chi connectivity index (χ0v) is 16.2. The molecular weight excluding hydrogens is 350 g/mol. The predicted molar refractivity (Wildman–Crippen MR) is 97.5 cm³/mol. The van der Waals surface area contributed by atoms with Crippen molar-refractivity contribution in [1.29, 1.82) is 0 Å². The van der Waals surface area contributed by atoms with Crippen LogP contribution >= 0.6 is 0 Å². The number of nitrogens with one attached hydrogen (secondary N) is 1. The Kier molecular flexibility index (Phi) is 9.33. The maximum absolute atomic E-state index is 11.8. The number of alkyl carbamates (subject to hydrolysis) is 1. The Hall–Kier alpha value is -2.57. The fraction of sp³-hybridized carbons (Fsp3) is 0.550. The molecule has 7 heteroatoms. The number of carbonyl (C=O) groups excluding carboxylic acids is 3. The topological polar surface area (TPSA) is 105 Å². The van der Waals surface area contributed by atoms with E-state index in [2.05, 4.69) is 5.32 Å². The van der Waals surface area contributed by atoms with Gasteiger partial charge in [-0.1, -0.05) is 43.2 Å². The number of esters is 1. The van der Waals surface area contributed by atoms with E-state index in [0.717, 1.165) is 5.56 Å². The van der Waals surface area contributed by atoms with E-state index in [0.29, 0.717) is 19.3 Å². The summed E-state index contributed by atoms with van der Waals surface area (Å²) in [5, 5.41) is 13.5. The van der Waals surface area contributed by atoms with Gasteiger partial charge in [0.25, 0.3) is 0 Å². The minimum absolute atomic E-state index is 0.0579. The van der Waals surface area contributed by atoms with Crippen LogP contribution in [0.3, 0.4) is 0 Å². The van der Waals surface area contributed by atoms with Crippen molar-refractivity contribution in [3.05, 3.63) is 35.9 Å². The molecule has 0 spiro atoms. The summed E-state index contributed by atoms with van der Waals surface area (Å²) >= 11 is 0. The fourth-order valence-electron chi connectivity index (χ4n) is 2.34. The maximum atomic E-state index is 11.8. The molecule has 0 heterocycles. The van der Waals surface area contributed by atoms with Crippen LogP contribution in [0.1, 0.15) is 58.4 Å². The maximum Gasteiger partial charge on any atom is 0.407 e. The summed E-state index contributed by atoms with van der Waals surface area (Å²) in [5.74, 6) is -1.64. The van der Waals surface area contributed by atoms with Crippen LogP contribution in [0.4, 0.5) is 4.79 Å². The van der Waals surface area contributed by atoms with Crippen molar-refractivity contribution in [1.82, 2.24) is 5.32 Å². The molecule has 1 aromatic rings. The number of amides is 1. The number of carboxylic acid groups (broad SMARTS) is 1. The van der Waals surface area contributed by atoms with E-state index in [9.17, 15) is 19.5 Å². The number of unbranched alkanes of at least 4 members (excludes halogenated alkanes) is 2. The molecular formula is C20H28NO6-. The van der Waals surface area contributed by atoms with Crippen LogP contribution < -0.4 is 10.4 Å². The van der Waals surface area contributed by atoms with Gasteiger partial charge in [0.1, 0.15) is 12.2 Å². The van der Waals surface area contributed by atoms with Crippen molar-refractivity contribution in [3.8, 4) is 0 Å². The number of benzene rings is 1. The highest BCUT2D eigenvalue weighted by molar-refractivity contribution is 5.78. The van der Waals surface area contributed by atoms with Crippen molar-refractivity contribution in [2.45, 2.75) is 71.1 Å². The van der Waals surface area contributed by atoms with Gasteiger partial charge in [0.05, 0.1) is 12.0 Å². The second-order valence-corrected chi connectivity index (χ2v) is 7.26. The van der Waals surface area contributed by atoms with Crippen LogP contribution in [0.2, 0.25) is 0 Å². The molecule has 1 atom stereocenters. The minimum atomic E-state index is -1.36. The van der Waals surface area contributed by atoms with Gasteiger partial charge < -0.3 is 24.7 Å². The Morgan fingerprint density at radius 1 is 1.07 bits per heavy atom. The molecule has 0 saturated heterocycles. The Morgan fingerprint density at radius 2 is 1.74 bits per heavy atom. The van der Waals surface area contributed by atoms with Crippen molar-refractivity contribution < 1.29 is 29.0 Å². The van der Waals surface area contributed by atoms with Gasteiger partial charge >= 0.3 is 12.1 Å². The largest absolute Gasteiger partial charge is 0.548 e. The lowest BCUT2D eigenvalue weighted by Crippen LogP contribution is -2.48. The van der Waals surface area contributed by atoms with E-state index < -0.39 is 23.7 Å². The minimum Gasteiger partial charge on any atom is -0.548 e. The SMILES string of the molecule is CC(C)(C)OC(=O)CCCCC[C@H](NC(=O)OCc1ccccc1)C(=O)[O-]. The average Bonchev–Trinajstić information content (AvgIpc) is 2.57. The zero-order chi connectivity index (χ0) is 20.3. The van der Waals surface area contributed by atoms with Gasteiger partial charge in [-0.15, -0.1) is 0 Å². The first-order chi connectivity index (χ1) is 12.7. The smallest absolute Gasteiger partial charge is 0.407 e. The molecule has 0 saturated carbocycles. The summed E-state index contributed by atoms with van der Waals surface area (Å²) in [7, 11) is 0. The summed E-state index contributed by atoms with van der Waals surface area (Å²) in [6.07, 6.45) is 1.44. The summed E-state index contributed by atoms with van der Waals surface area (Å²) in [6.45, 7) is 5.47. The summed E-state index contributed by atoms with van der Waals surface area (Å²) in [6, 6.07) is 7.95. The van der Waals surface area contributed by atoms with E-state index in [-0.39, 0.29) is 25.4 Å². The van der Waals surface area contributed by atoms with Gasteiger partial charge in [-0.05, 0) is 39.2 Å². The molecule has 7 nitrogen and oxygen atoms in total. The molecule has 0 aliphatic heterocycles. The molecule has 0 bridgehead atoms. The lowest BCUT2D eigenvalue weighted by molar-refractivity contribution is -0.308. The number of aliphatic carboxylic acids is 1. The van der Waals surface area contributed by atoms with Gasteiger partial charge in [0.2, 0.25) is 0 Å². The molecule has 1 rings (SSSR count). The van der Waals surface area contributed by atoms with E-state index in [1.165, 1.54) is 0 Å². The number of rotatable bonds is 10. The predicted octanol–water partition coefficient (Wildman–Crippen LogP) is 2.32. The highest BCUT2D eigenvalue weighted by Crippen LogP contribution is 2.12. The third-order valence-corrected chi connectivity index (χ3v) is 3.58. The number of hydrogen-bond acceptors (Lipinski definition) is 6. The molecule has 0 unspecified atom stereocenters. The normalized spacial score (nSPS) is 12.1. The first-order valence-electron chi connectivity index (χ1n) is 9.07. The monoisotopic (exact) mass is 378 g/mol. The standard InChI is InChI=1S/C20H29NO6/c1-20(2,3)27-17(22)13-9-5-8-12-16(18(23)24)21-19(25)26-14-15-10-6-4-7-11-15/h4,6-7,10-11,16H,5,8-9,12-14H2,1-3H3,(H,21,25)(H,23,24)/p-1/t16-/m0/s1. The summed E-state index contributed by atoms with van der Waals surface area (Å²) in [4.78, 5) is 34.5. The zero-order valence-electron chi connectivity index (χ0n) is 16.2. The number of carbonyl (C=O) groups is 3. The Balaban J connectivity index is 2.26. The lowest BCUT2D eigenvalue weighted by atomic mass is 10.1. The quantitative estimate of drug-likeness (QED) is 0.495. The first kappa shape index (κ1) is 22.5. The van der Waals surface area contributed by atoms with Crippen LogP contribution in [0, 0.1) is 0 Å². The number of ether oxygens (including phenoxy) is 2. The molecule has 0 radical (unpaired) electrons. The van der Waals surface area contributed by atoms with Crippen LogP contribution in [0.5, 0.6) is 0 Å². The van der Waals surface area contributed by atoms with Crippen LogP contribution in [-0.4, -0.2) is 29.7 Å². The molecule has 0 aliphatic carbocycles. The second kappa shape index (κ2) is 11.2. The molecule has 1 N–H and O–H groups in total. The molecule has 0 aliphatic rings. The van der Waals surface area contributed by atoms with Gasteiger partial charge in [0.15, 0.2) is 0 Å². The van der Waals surface area contributed by atoms with Crippen molar-refractivity contribution >= 4 is 18.0 Å². The van der Waals surface area contributed by atoms with Gasteiger partial charge in [-0.2, -0.15) is 0 Å². The number of carboxylic acids is 1. The van der Waals surface area contributed by atoms with E-state index in [1.54, 1.807) is 32.9 Å². The van der Waals surface area contributed by atoms with Crippen LogP contribution in [-0.2, 0) is 25.7 Å². The molecule has 1 amide bonds.